The molecular formula is C10H10F5N. The molecule has 6 heteroatoms. The Kier molecular flexibility index (Phi) is 3.50. The molecule has 1 heterocycles. The van der Waals surface area contributed by atoms with Gasteiger partial charge in [-0.15, -0.1) is 0 Å². The summed E-state index contributed by atoms with van der Waals surface area (Å²) in [6, 6.07) is 0.465. The van der Waals surface area contributed by atoms with E-state index >= 15 is 0 Å². The maximum atomic E-state index is 12.5. The van der Waals surface area contributed by atoms with E-state index in [9.17, 15) is 22.0 Å². The molecule has 90 valence electrons. The highest BCUT2D eigenvalue weighted by molar-refractivity contribution is 5.29. The topological polar surface area (TPSA) is 12.9 Å². The van der Waals surface area contributed by atoms with E-state index in [-0.39, 0.29) is 11.6 Å². The van der Waals surface area contributed by atoms with Crippen molar-refractivity contribution in [3.05, 3.63) is 29.1 Å². The van der Waals surface area contributed by atoms with Crippen LogP contribution in [0.25, 0.3) is 0 Å². The van der Waals surface area contributed by atoms with Crippen LogP contribution in [0, 0.1) is 0 Å². The lowest BCUT2D eigenvalue weighted by Gasteiger charge is -2.14. The number of alkyl halides is 5. The Labute approximate surface area is 89.3 Å². The van der Waals surface area contributed by atoms with E-state index in [1.165, 1.54) is 0 Å². The van der Waals surface area contributed by atoms with Gasteiger partial charge in [-0.3, -0.25) is 4.98 Å². The Morgan fingerprint density at radius 2 is 1.75 bits per heavy atom. The number of hydrogen-bond donors (Lipinski definition) is 0. The van der Waals surface area contributed by atoms with Crippen LogP contribution in [0.3, 0.4) is 0 Å². The third kappa shape index (κ3) is 2.68. The van der Waals surface area contributed by atoms with Crippen LogP contribution in [0.1, 0.15) is 43.0 Å². The van der Waals surface area contributed by atoms with E-state index in [4.69, 9.17) is 0 Å². The summed E-state index contributed by atoms with van der Waals surface area (Å²) in [5.74, 6) is -0.341. The van der Waals surface area contributed by atoms with Gasteiger partial charge >= 0.3 is 6.18 Å². The Morgan fingerprint density at radius 3 is 2.12 bits per heavy atom. The molecule has 0 aliphatic rings. The van der Waals surface area contributed by atoms with Crippen LogP contribution in [-0.4, -0.2) is 4.98 Å². The zero-order chi connectivity index (χ0) is 12.5. The van der Waals surface area contributed by atoms with E-state index in [1.54, 1.807) is 13.8 Å². The molecule has 0 bridgehead atoms. The average Bonchev–Trinajstić information content (AvgIpc) is 2.15. The normalized spacial score (nSPS) is 12.6. The minimum absolute atomic E-state index is 0.00278. The third-order valence-electron chi connectivity index (χ3n) is 2.06. The highest BCUT2D eigenvalue weighted by atomic mass is 19.4. The van der Waals surface area contributed by atoms with Gasteiger partial charge in [0.1, 0.15) is 0 Å². The van der Waals surface area contributed by atoms with Crippen LogP contribution < -0.4 is 0 Å². The Hall–Kier alpha value is -1.20. The van der Waals surface area contributed by atoms with Gasteiger partial charge in [0.2, 0.25) is 0 Å². The first kappa shape index (κ1) is 12.9. The van der Waals surface area contributed by atoms with Crippen molar-refractivity contribution in [2.24, 2.45) is 0 Å². The van der Waals surface area contributed by atoms with Crippen molar-refractivity contribution < 1.29 is 22.0 Å². The van der Waals surface area contributed by atoms with Crippen LogP contribution in [0.4, 0.5) is 22.0 Å². The summed E-state index contributed by atoms with van der Waals surface area (Å²) in [6.07, 6.45) is -7.01. The van der Waals surface area contributed by atoms with Crippen molar-refractivity contribution in [1.29, 1.82) is 0 Å². The summed E-state index contributed by atoms with van der Waals surface area (Å²) in [6.45, 7) is 3.20. The summed E-state index contributed by atoms with van der Waals surface area (Å²) in [5.41, 5.74) is -1.79. The second kappa shape index (κ2) is 4.35. The molecule has 0 amide bonds. The molecule has 0 unspecified atom stereocenters. The Morgan fingerprint density at radius 1 is 1.19 bits per heavy atom. The molecule has 16 heavy (non-hydrogen) atoms. The van der Waals surface area contributed by atoms with Crippen molar-refractivity contribution in [2.45, 2.75) is 32.4 Å². The van der Waals surface area contributed by atoms with E-state index in [1.807, 2.05) is 0 Å². The molecule has 0 radical (unpaired) electrons. The summed E-state index contributed by atoms with van der Waals surface area (Å²) in [5, 5.41) is 0. The molecule has 1 aromatic rings. The van der Waals surface area contributed by atoms with E-state index < -0.39 is 23.7 Å². The molecule has 1 rings (SSSR count). The van der Waals surface area contributed by atoms with Crippen LogP contribution in [0.15, 0.2) is 12.3 Å². The van der Waals surface area contributed by atoms with Crippen molar-refractivity contribution in [3.63, 3.8) is 0 Å². The van der Waals surface area contributed by atoms with Gasteiger partial charge in [-0.1, -0.05) is 13.8 Å². The predicted octanol–water partition coefficient (Wildman–Crippen LogP) is 4.16. The number of aromatic nitrogens is 1. The molecule has 0 saturated heterocycles. The molecule has 1 aromatic heterocycles. The van der Waals surface area contributed by atoms with Crippen LogP contribution in [0.5, 0.6) is 0 Å². The van der Waals surface area contributed by atoms with Crippen molar-refractivity contribution in [2.75, 3.05) is 0 Å². The number of halogens is 5. The summed E-state index contributed by atoms with van der Waals surface area (Å²) in [7, 11) is 0. The van der Waals surface area contributed by atoms with Gasteiger partial charge in [0.05, 0.1) is 11.3 Å². The quantitative estimate of drug-likeness (QED) is 0.706. The van der Waals surface area contributed by atoms with Gasteiger partial charge < -0.3 is 0 Å². The molecule has 0 spiro atoms. The number of hydrogen-bond acceptors (Lipinski definition) is 1. The van der Waals surface area contributed by atoms with Gasteiger partial charge in [-0.05, 0) is 12.0 Å². The maximum absolute atomic E-state index is 12.5. The zero-order valence-corrected chi connectivity index (χ0v) is 8.65. The van der Waals surface area contributed by atoms with Gasteiger partial charge in [-0.25, -0.2) is 8.78 Å². The first-order valence-corrected chi connectivity index (χ1v) is 4.58. The monoisotopic (exact) mass is 239 g/mol. The molecule has 0 atom stereocenters. The molecule has 0 aromatic carbocycles. The molecule has 0 saturated carbocycles. The first-order valence-electron chi connectivity index (χ1n) is 4.58. The lowest BCUT2D eigenvalue weighted by atomic mass is 10.0. The SMILES string of the molecule is CC(C)c1ncc(C(F)(F)F)cc1C(F)F. The van der Waals surface area contributed by atoms with Crippen LogP contribution in [-0.2, 0) is 6.18 Å². The van der Waals surface area contributed by atoms with Crippen LogP contribution in [0.2, 0.25) is 0 Å². The second-order valence-corrected chi connectivity index (χ2v) is 3.65. The summed E-state index contributed by atoms with van der Waals surface area (Å²) in [4.78, 5) is 3.47. The number of nitrogens with zero attached hydrogens (tertiary/aromatic N) is 1. The molecule has 0 aliphatic heterocycles. The fourth-order valence-electron chi connectivity index (χ4n) is 1.30. The van der Waals surface area contributed by atoms with Crippen molar-refractivity contribution in [1.82, 2.24) is 4.98 Å². The molecule has 0 fully saturated rings. The minimum Gasteiger partial charge on any atom is -0.260 e. The first-order chi connectivity index (χ1) is 7.23. The predicted molar refractivity (Wildman–Crippen MR) is 48.3 cm³/mol. The molecular weight excluding hydrogens is 229 g/mol. The fraction of sp³-hybridized carbons (Fsp3) is 0.500. The zero-order valence-electron chi connectivity index (χ0n) is 8.65. The van der Waals surface area contributed by atoms with Gasteiger partial charge in [0, 0.05) is 11.8 Å². The summed E-state index contributed by atoms with van der Waals surface area (Å²) >= 11 is 0. The highest BCUT2D eigenvalue weighted by Gasteiger charge is 2.33. The van der Waals surface area contributed by atoms with E-state index in [0.29, 0.717) is 12.3 Å². The Balaban J connectivity index is 3.29. The highest BCUT2D eigenvalue weighted by Crippen LogP contribution is 2.34. The van der Waals surface area contributed by atoms with Gasteiger partial charge in [0.15, 0.2) is 0 Å². The number of rotatable bonds is 2. The van der Waals surface area contributed by atoms with E-state index in [2.05, 4.69) is 4.98 Å². The number of pyridine rings is 1. The average molecular weight is 239 g/mol. The molecule has 1 nitrogen and oxygen atoms in total. The molecule has 0 aliphatic carbocycles. The molecule has 0 N–H and O–H groups in total. The van der Waals surface area contributed by atoms with Crippen molar-refractivity contribution >= 4 is 0 Å². The standard InChI is InChI=1S/C10H10F5N/c1-5(2)8-7(9(11)12)3-6(4-16-8)10(13,14)15/h3-5,9H,1-2H3. The smallest absolute Gasteiger partial charge is 0.260 e. The second-order valence-electron chi connectivity index (χ2n) is 3.65. The van der Waals surface area contributed by atoms with E-state index in [0.717, 1.165) is 0 Å². The van der Waals surface area contributed by atoms with Gasteiger partial charge in [-0.2, -0.15) is 13.2 Å². The fourth-order valence-corrected chi connectivity index (χ4v) is 1.30. The lowest BCUT2D eigenvalue weighted by molar-refractivity contribution is -0.138. The maximum Gasteiger partial charge on any atom is 0.417 e. The summed E-state index contributed by atoms with van der Waals surface area (Å²) < 4.78 is 61.9. The van der Waals surface area contributed by atoms with Crippen molar-refractivity contribution in [3.8, 4) is 0 Å². The Bertz CT molecular complexity index is 370. The largest absolute Gasteiger partial charge is 0.417 e. The van der Waals surface area contributed by atoms with Crippen LogP contribution >= 0.6 is 0 Å². The lowest BCUT2D eigenvalue weighted by Crippen LogP contribution is -2.09. The van der Waals surface area contributed by atoms with Gasteiger partial charge in [0.25, 0.3) is 6.43 Å². The third-order valence-corrected chi connectivity index (χ3v) is 2.06. The minimum atomic E-state index is -4.65.